The predicted octanol–water partition coefficient (Wildman–Crippen LogP) is 2.85. The minimum atomic E-state index is -1.55. The number of hydrogen-bond donors (Lipinski definition) is 2. The molecule has 2 bridgehead atoms. The molecule has 1 atom stereocenters. The summed E-state index contributed by atoms with van der Waals surface area (Å²) >= 11 is 0. The van der Waals surface area contributed by atoms with Crippen LogP contribution < -0.4 is 16.4 Å². The van der Waals surface area contributed by atoms with Crippen molar-refractivity contribution >= 4 is 21.9 Å². The zero-order valence-corrected chi connectivity index (χ0v) is 21.2. The van der Waals surface area contributed by atoms with Crippen molar-refractivity contribution < 1.29 is 14.2 Å². The topological polar surface area (TPSA) is 98.4 Å². The summed E-state index contributed by atoms with van der Waals surface area (Å²) < 4.78 is 24.6. The van der Waals surface area contributed by atoms with Crippen LogP contribution in [-0.2, 0) is 30.5 Å². The summed E-state index contributed by atoms with van der Waals surface area (Å²) in [6.07, 6.45) is 4.35. The first-order valence-corrected chi connectivity index (χ1v) is 13.1. The van der Waals surface area contributed by atoms with Crippen LogP contribution in [0.2, 0.25) is 0 Å². The maximum atomic E-state index is 15.0. The fraction of sp³-hybridized carbons (Fsp3) is 0.414. The van der Waals surface area contributed by atoms with E-state index in [1.165, 1.54) is 10.6 Å². The Kier molecular flexibility index (Phi) is 5.02. The van der Waals surface area contributed by atoms with Crippen molar-refractivity contribution in [1.82, 2.24) is 19.4 Å². The number of halogens is 1. The summed E-state index contributed by atoms with van der Waals surface area (Å²) in [6.45, 7) is 0.870. The van der Waals surface area contributed by atoms with Gasteiger partial charge >= 0.3 is 0 Å². The molecule has 3 aliphatic heterocycles. The van der Waals surface area contributed by atoms with Crippen molar-refractivity contribution in [3.8, 4) is 0 Å². The van der Waals surface area contributed by atoms with Crippen molar-refractivity contribution in [2.24, 2.45) is 7.05 Å². The first-order chi connectivity index (χ1) is 18.2. The smallest absolute Gasteiger partial charge is 0.255 e. The molecular formula is C29H29FN4O4. The molecule has 4 aromatic rings. The number of aliphatic hydroxyl groups is 1. The summed E-state index contributed by atoms with van der Waals surface area (Å²) in [5.41, 5.74) is -0.0945. The standard InChI is InChI=1S/C29H29FN4O4/c1-33-22-5-3-2-4-18(22)12-19(26(33)36)13-32-27-8-10-28(11-9-27,38-17-27)15-29(37)16-34-23(35)7-6-21-25(34)24(29)20(30)14-31-21/h2-7,12,14,32,37H,8-11,13,15-17H2,1H3/t27?,28?,29-/m0/s1. The zero-order valence-electron chi connectivity index (χ0n) is 21.2. The molecule has 1 saturated carbocycles. The van der Waals surface area contributed by atoms with Crippen LogP contribution in [0.4, 0.5) is 4.39 Å². The minimum absolute atomic E-state index is 0.0130. The van der Waals surface area contributed by atoms with Crippen LogP contribution in [0.25, 0.3) is 21.9 Å². The molecule has 3 aromatic heterocycles. The maximum absolute atomic E-state index is 15.0. The van der Waals surface area contributed by atoms with Crippen LogP contribution >= 0.6 is 0 Å². The van der Waals surface area contributed by atoms with Crippen molar-refractivity contribution in [3.05, 3.63) is 86.3 Å². The number of fused-ring (bicyclic) bond motifs is 4. The van der Waals surface area contributed by atoms with E-state index in [1.807, 2.05) is 30.3 Å². The molecule has 2 saturated heterocycles. The summed E-state index contributed by atoms with van der Waals surface area (Å²) in [4.78, 5) is 29.6. The van der Waals surface area contributed by atoms with E-state index in [0.29, 0.717) is 42.6 Å². The Morgan fingerprint density at radius 3 is 2.68 bits per heavy atom. The van der Waals surface area contributed by atoms with Crippen LogP contribution in [0.3, 0.4) is 0 Å². The number of hydrogen-bond acceptors (Lipinski definition) is 6. The van der Waals surface area contributed by atoms with Gasteiger partial charge in [-0.2, -0.15) is 0 Å². The second kappa shape index (κ2) is 8.05. The molecule has 0 unspecified atom stereocenters. The molecule has 1 aromatic carbocycles. The normalized spacial score (nSPS) is 28.0. The first kappa shape index (κ1) is 23.7. The Balaban J connectivity index is 1.11. The SMILES string of the molecule is Cn1c(=O)c(CNC23CCC(C[C@]4(O)Cn5c(=O)ccc6ncc(F)c4c65)(CC2)OC3)cc2ccccc21. The number of aryl methyl sites for hydroxylation is 1. The Morgan fingerprint density at radius 1 is 1.13 bits per heavy atom. The Bertz CT molecular complexity index is 1720. The lowest BCUT2D eigenvalue weighted by Gasteiger charge is -2.55. The number of benzene rings is 1. The number of aromatic nitrogens is 3. The van der Waals surface area contributed by atoms with Gasteiger partial charge in [-0.3, -0.25) is 14.6 Å². The maximum Gasteiger partial charge on any atom is 0.255 e. The number of nitrogens with one attached hydrogen (secondary N) is 1. The molecule has 0 radical (unpaired) electrons. The van der Waals surface area contributed by atoms with Crippen molar-refractivity contribution in [2.45, 2.75) is 61.9 Å². The number of para-hydroxylation sites is 1. The number of pyridine rings is 3. The van der Waals surface area contributed by atoms with Crippen LogP contribution in [0.15, 0.2) is 58.3 Å². The molecule has 8 rings (SSSR count). The lowest BCUT2D eigenvalue weighted by atomic mass is 9.67. The molecule has 196 valence electrons. The van der Waals surface area contributed by atoms with Crippen LogP contribution in [0, 0.1) is 5.82 Å². The van der Waals surface area contributed by atoms with Gasteiger partial charge < -0.3 is 24.3 Å². The largest absolute Gasteiger partial charge is 0.383 e. The number of rotatable bonds is 5. The fourth-order valence-electron chi connectivity index (χ4n) is 6.97. The lowest BCUT2D eigenvalue weighted by molar-refractivity contribution is -0.192. The summed E-state index contributed by atoms with van der Waals surface area (Å²) in [7, 11) is 1.80. The highest BCUT2D eigenvalue weighted by molar-refractivity contribution is 5.81. The lowest BCUT2D eigenvalue weighted by Crippen LogP contribution is -2.62. The van der Waals surface area contributed by atoms with Gasteiger partial charge in [0.05, 0.1) is 41.5 Å². The molecule has 0 amide bonds. The molecule has 2 N–H and O–H groups in total. The van der Waals surface area contributed by atoms with Gasteiger partial charge in [-0.05, 0) is 49.3 Å². The second-order valence-corrected chi connectivity index (χ2v) is 11.4. The van der Waals surface area contributed by atoms with E-state index in [-0.39, 0.29) is 35.2 Å². The highest BCUT2D eigenvalue weighted by atomic mass is 19.1. The average Bonchev–Trinajstić information content (AvgIpc) is 3.24. The third-order valence-electron chi connectivity index (χ3n) is 9.09. The fourth-order valence-corrected chi connectivity index (χ4v) is 6.97. The van der Waals surface area contributed by atoms with E-state index in [0.717, 1.165) is 29.9 Å². The molecule has 0 spiro atoms. The van der Waals surface area contributed by atoms with Gasteiger partial charge in [-0.25, -0.2) is 4.39 Å². The van der Waals surface area contributed by atoms with Crippen LogP contribution in [0.1, 0.15) is 43.2 Å². The monoisotopic (exact) mass is 516 g/mol. The Labute approximate surface area is 217 Å². The summed E-state index contributed by atoms with van der Waals surface area (Å²) in [5, 5.41) is 16.4. The molecule has 8 nitrogen and oxygen atoms in total. The summed E-state index contributed by atoms with van der Waals surface area (Å²) in [5.74, 6) is -0.604. The second-order valence-electron chi connectivity index (χ2n) is 11.4. The van der Waals surface area contributed by atoms with Crippen molar-refractivity contribution in [1.29, 1.82) is 0 Å². The molecule has 6 heterocycles. The quantitative estimate of drug-likeness (QED) is 0.423. The summed E-state index contributed by atoms with van der Waals surface area (Å²) in [6, 6.07) is 12.8. The highest BCUT2D eigenvalue weighted by Crippen LogP contribution is 2.51. The first-order valence-electron chi connectivity index (χ1n) is 13.1. The van der Waals surface area contributed by atoms with Gasteiger partial charge in [0.1, 0.15) is 11.4 Å². The van der Waals surface area contributed by atoms with Crippen molar-refractivity contribution in [3.63, 3.8) is 0 Å². The zero-order chi connectivity index (χ0) is 26.3. The van der Waals surface area contributed by atoms with E-state index in [2.05, 4.69) is 10.3 Å². The van der Waals surface area contributed by atoms with E-state index in [9.17, 15) is 14.7 Å². The van der Waals surface area contributed by atoms with Gasteiger partial charge in [0.25, 0.3) is 11.1 Å². The predicted molar refractivity (Wildman–Crippen MR) is 140 cm³/mol. The highest BCUT2D eigenvalue weighted by Gasteiger charge is 2.55. The number of nitrogens with zero attached hydrogens (tertiary/aromatic N) is 3. The van der Waals surface area contributed by atoms with Crippen molar-refractivity contribution in [2.75, 3.05) is 6.61 Å². The molecule has 3 fully saturated rings. The third-order valence-corrected chi connectivity index (χ3v) is 9.09. The molecule has 9 heteroatoms. The molecule has 38 heavy (non-hydrogen) atoms. The third kappa shape index (κ3) is 3.42. The Morgan fingerprint density at radius 2 is 1.92 bits per heavy atom. The van der Waals surface area contributed by atoms with Gasteiger partial charge in [-0.15, -0.1) is 0 Å². The molecule has 4 aliphatic rings. The van der Waals surface area contributed by atoms with Crippen LogP contribution in [-0.4, -0.2) is 37.0 Å². The van der Waals surface area contributed by atoms with Gasteiger partial charge in [0.2, 0.25) is 0 Å². The number of ether oxygens (including phenoxy) is 1. The van der Waals surface area contributed by atoms with E-state index >= 15 is 4.39 Å². The molecular weight excluding hydrogens is 487 g/mol. The van der Waals surface area contributed by atoms with E-state index < -0.39 is 17.0 Å². The average molecular weight is 517 g/mol. The Hall–Kier alpha value is -3.40. The van der Waals surface area contributed by atoms with E-state index in [4.69, 9.17) is 4.74 Å². The minimum Gasteiger partial charge on any atom is -0.383 e. The van der Waals surface area contributed by atoms with Gasteiger partial charge in [0.15, 0.2) is 0 Å². The van der Waals surface area contributed by atoms with Gasteiger partial charge in [0, 0.05) is 42.7 Å². The molecule has 1 aliphatic carbocycles. The van der Waals surface area contributed by atoms with Gasteiger partial charge in [-0.1, -0.05) is 18.2 Å². The van der Waals surface area contributed by atoms with E-state index in [1.54, 1.807) is 17.7 Å². The van der Waals surface area contributed by atoms with Crippen LogP contribution in [0.5, 0.6) is 0 Å².